The van der Waals surface area contributed by atoms with Crippen molar-refractivity contribution in [3.8, 4) is 5.75 Å². The van der Waals surface area contributed by atoms with E-state index in [9.17, 15) is 30.7 Å². The summed E-state index contributed by atoms with van der Waals surface area (Å²) in [5.74, 6) is -14.6. The molecule has 1 heterocycles. The first-order valence-electron chi connectivity index (χ1n) is 5.83. The van der Waals surface area contributed by atoms with Crippen LogP contribution in [0.1, 0.15) is 0 Å². The molecule has 0 atom stereocenters. The van der Waals surface area contributed by atoms with Gasteiger partial charge in [0.1, 0.15) is 22.1 Å². The number of fused-ring (bicyclic) bond motifs is 2. The molecule has 23 heavy (non-hydrogen) atoms. The largest absolute Gasteiger partial charge is 0.491 e. The Morgan fingerprint density at radius 2 is 0.870 bits per heavy atom. The monoisotopic (exact) mass is 336 g/mol. The third kappa shape index (κ3) is 1.90. The SMILES string of the molecule is COc1c(F)c(F)c2nc3c(F)c(F)c(F)c(F)c3nc2c1F. The fraction of sp³-hybridized carbons (Fsp3) is 0.0769. The summed E-state index contributed by atoms with van der Waals surface area (Å²) in [7, 11) is 0.830. The van der Waals surface area contributed by atoms with Crippen molar-refractivity contribution in [1.29, 1.82) is 0 Å². The highest BCUT2D eigenvalue weighted by molar-refractivity contribution is 5.88. The predicted octanol–water partition coefficient (Wildman–Crippen LogP) is 3.77. The van der Waals surface area contributed by atoms with Crippen molar-refractivity contribution >= 4 is 22.1 Å². The lowest BCUT2D eigenvalue weighted by Crippen LogP contribution is -2.06. The van der Waals surface area contributed by atoms with Crippen LogP contribution in [0, 0.1) is 40.7 Å². The van der Waals surface area contributed by atoms with Crippen molar-refractivity contribution in [2.75, 3.05) is 7.11 Å². The van der Waals surface area contributed by atoms with E-state index in [0.29, 0.717) is 0 Å². The average Bonchev–Trinajstić information content (AvgIpc) is 2.55. The molecule has 0 aliphatic carbocycles. The van der Waals surface area contributed by atoms with Crippen LogP contribution in [0.25, 0.3) is 22.1 Å². The summed E-state index contributed by atoms with van der Waals surface area (Å²) in [6.45, 7) is 0. The second-order valence-corrected chi connectivity index (χ2v) is 4.35. The van der Waals surface area contributed by atoms with Gasteiger partial charge in [0.2, 0.25) is 5.82 Å². The number of hydrogen-bond acceptors (Lipinski definition) is 3. The van der Waals surface area contributed by atoms with Gasteiger partial charge in [-0.2, -0.15) is 4.39 Å². The zero-order chi connectivity index (χ0) is 17.0. The second-order valence-electron chi connectivity index (χ2n) is 4.35. The van der Waals surface area contributed by atoms with Crippen molar-refractivity contribution in [3.05, 3.63) is 40.7 Å². The van der Waals surface area contributed by atoms with E-state index in [1.54, 1.807) is 0 Å². The molecule has 0 bridgehead atoms. The van der Waals surface area contributed by atoms with Crippen LogP contribution in [-0.2, 0) is 0 Å². The smallest absolute Gasteiger partial charge is 0.206 e. The van der Waals surface area contributed by atoms with Gasteiger partial charge in [-0.25, -0.2) is 36.3 Å². The molecule has 2 aromatic carbocycles. The molecule has 0 N–H and O–H groups in total. The van der Waals surface area contributed by atoms with E-state index >= 15 is 0 Å². The molecule has 1 aromatic heterocycles. The summed E-state index contributed by atoms with van der Waals surface area (Å²) in [5.41, 5.74) is -4.55. The molecule has 3 rings (SSSR count). The quantitative estimate of drug-likeness (QED) is 0.294. The molecule has 0 saturated heterocycles. The van der Waals surface area contributed by atoms with Gasteiger partial charge in [0.15, 0.2) is 40.7 Å². The minimum absolute atomic E-state index is 0.830. The highest BCUT2D eigenvalue weighted by Crippen LogP contribution is 2.33. The lowest BCUT2D eigenvalue weighted by molar-refractivity contribution is 0.350. The summed E-state index contributed by atoms with van der Waals surface area (Å²) in [6, 6.07) is 0. The van der Waals surface area contributed by atoms with Crippen LogP contribution in [0.3, 0.4) is 0 Å². The third-order valence-electron chi connectivity index (χ3n) is 3.10. The third-order valence-corrected chi connectivity index (χ3v) is 3.10. The van der Waals surface area contributed by atoms with Gasteiger partial charge in [0.25, 0.3) is 0 Å². The number of benzene rings is 2. The minimum atomic E-state index is -2.21. The second kappa shape index (κ2) is 4.93. The maximum absolute atomic E-state index is 14.0. The number of halogens is 7. The van der Waals surface area contributed by atoms with E-state index < -0.39 is 68.5 Å². The zero-order valence-corrected chi connectivity index (χ0v) is 10.9. The van der Waals surface area contributed by atoms with E-state index in [-0.39, 0.29) is 0 Å². The highest BCUT2D eigenvalue weighted by Gasteiger charge is 2.28. The Morgan fingerprint density at radius 3 is 1.26 bits per heavy atom. The first-order valence-corrected chi connectivity index (χ1v) is 5.83. The Kier molecular flexibility index (Phi) is 3.27. The molecule has 3 nitrogen and oxygen atoms in total. The van der Waals surface area contributed by atoms with E-state index in [2.05, 4.69) is 14.7 Å². The zero-order valence-electron chi connectivity index (χ0n) is 10.9. The van der Waals surface area contributed by atoms with Gasteiger partial charge in [0.05, 0.1) is 7.11 Å². The van der Waals surface area contributed by atoms with Crippen molar-refractivity contribution < 1.29 is 35.5 Å². The Hall–Kier alpha value is -2.65. The highest BCUT2D eigenvalue weighted by atomic mass is 19.2. The van der Waals surface area contributed by atoms with Gasteiger partial charge in [-0.3, -0.25) is 0 Å². The number of methoxy groups -OCH3 is 1. The van der Waals surface area contributed by atoms with Crippen molar-refractivity contribution in [3.63, 3.8) is 0 Å². The van der Waals surface area contributed by atoms with Crippen LogP contribution in [0.15, 0.2) is 0 Å². The minimum Gasteiger partial charge on any atom is -0.491 e. The van der Waals surface area contributed by atoms with Gasteiger partial charge in [-0.1, -0.05) is 0 Å². The Bertz CT molecular complexity index is 990. The summed E-state index contributed by atoms with van der Waals surface area (Å²) < 4.78 is 99.5. The molecule has 0 unspecified atom stereocenters. The van der Waals surface area contributed by atoms with Crippen molar-refractivity contribution in [2.24, 2.45) is 0 Å². The number of aromatic nitrogens is 2. The molecular formula is C13H3F7N2O. The molecule has 0 fully saturated rings. The Balaban J connectivity index is 2.61. The lowest BCUT2D eigenvalue weighted by atomic mass is 10.2. The van der Waals surface area contributed by atoms with Crippen molar-refractivity contribution in [1.82, 2.24) is 9.97 Å². The molecule has 10 heteroatoms. The van der Waals surface area contributed by atoms with Crippen LogP contribution in [0.4, 0.5) is 30.7 Å². The van der Waals surface area contributed by atoms with Crippen LogP contribution in [-0.4, -0.2) is 17.1 Å². The fourth-order valence-electron chi connectivity index (χ4n) is 2.03. The Morgan fingerprint density at radius 1 is 0.522 bits per heavy atom. The van der Waals surface area contributed by atoms with Crippen molar-refractivity contribution in [2.45, 2.75) is 0 Å². The standard InChI is InChI=1S/C13H3F7N2O/c1-23-13-7(19)6(18)11-12(8(13)20)22-10-5(17)3(15)2(14)4(16)9(10)21-11/h1H3. The topological polar surface area (TPSA) is 35.0 Å². The van der Waals surface area contributed by atoms with Gasteiger partial charge in [-0.15, -0.1) is 0 Å². The number of rotatable bonds is 1. The van der Waals surface area contributed by atoms with Crippen LogP contribution in [0.5, 0.6) is 5.75 Å². The van der Waals surface area contributed by atoms with Crippen LogP contribution in [0.2, 0.25) is 0 Å². The molecule has 0 spiro atoms. The summed E-state index contributed by atoms with van der Waals surface area (Å²) in [6.07, 6.45) is 0. The lowest BCUT2D eigenvalue weighted by Gasteiger charge is -2.09. The molecule has 0 aliphatic rings. The Labute approximate surface area is 122 Å². The maximum Gasteiger partial charge on any atom is 0.206 e. The van der Waals surface area contributed by atoms with E-state index in [0.717, 1.165) is 7.11 Å². The van der Waals surface area contributed by atoms with E-state index in [1.165, 1.54) is 0 Å². The molecule has 3 aromatic rings. The molecule has 0 amide bonds. The fourth-order valence-corrected chi connectivity index (χ4v) is 2.03. The first kappa shape index (κ1) is 15.3. The molecule has 0 aliphatic heterocycles. The van der Waals surface area contributed by atoms with Crippen LogP contribution < -0.4 is 4.74 Å². The van der Waals surface area contributed by atoms with Crippen LogP contribution >= 0.6 is 0 Å². The average molecular weight is 336 g/mol. The summed E-state index contributed by atoms with van der Waals surface area (Å²) >= 11 is 0. The molecular weight excluding hydrogens is 333 g/mol. The van der Waals surface area contributed by atoms with E-state index in [4.69, 9.17) is 0 Å². The van der Waals surface area contributed by atoms with Gasteiger partial charge in [-0.05, 0) is 0 Å². The van der Waals surface area contributed by atoms with E-state index in [1.807, 2.05) is 0 Å². The van der Waals surface area contributed by atoms with Gasteiger partial charge >= 0.3 is 0 Å². The molecule has 120 valence electrons. The number of hydrogen-bond donors (Lipinski definition) is 0. The summed E-state index contributed by atoms with van der Waals surface area (Å²) in [4.78, 5) is 6.35. The normalized spacial score (nSPS) is 11.5. The predicted molar refractivity (Wildman–Crippen MR) is 63.3 cm³/mol. The maximum atomic E-state index is 14.0. The number of ether oxygens (including phenoxy) is 1. The number of nitrogens with zero attached hydrogens (tertiary/aromatic N) is 2. The van der Waals surface area contributed by atoms with Gasteiger partial charge < -0.3 is 4.74 Å². The molecule has 0 radical (unpaired) electrons. The van der Waals surface area contributed by atoms with Gasteiger partial charge in [0, 0.05) is 0 Å². The summed E-state index contributed by atoms with van der Waals surface area (Å²) in [5, 5.41) is 0. The first-order chi connectivity index (χ1) is 10.8. The molecule has 0 saturated carbocycles.